The molecule has 7 heteroatoms. The van der Waals surface area contributed by atoms with E-state index in [9.17, 15) is 8.42 Å². The number of pyridine rings is 1. The highest BCUT2D eigenvalue weighted by molar-refractivity contribution is 7.85. The third-order valence-electron chi connectivity index (χ3n) is 3.43. The van der Waals surface area contributed by atoms with E-state index in [1.54, 1.807) is 24.5 Å². The smallest absolute Gasteiger partial charge is 0.294 e. The summed E-state index contributed by atoms with van der Waals surface area (Å²) in [4.78, 5) is 3.72. The topological polar surface area (TPSA) is 85.7 Å². The molecule has 0 aliphatic carbocycles. The average molecular weight is 367 g/mol. The summed E-state index contributed by atoms with van der Waals surface area (Å²) in [5.41, 5.74) is 0.956. The number of ether oxygens (including phenoxy) is 2. The molecule has 2 aromatic rings. The molecule has 3 rings (SSSR count). The summed E-state index contributed by atoms with van der Waals surface area (Å²) < 4.78 is 40.1. The van der Waals surface area contributed by atoms with Crippen LogP contribution in [0.2, 0.25) is 0 Å². The Kier molecular flexibility index (Phi) is 8.71. The first-order valence-electron chi connectivity index (χ1n) is 7.94. The van der Waals surface area contributed by atoms with Crippen molar-refractivity contribution in [2.24, 2.45) is 0 Å². The second-order valence-corrected chi connectivity index (χ2v) is 6.92. The zero-order chi connectivity index (χ0) is 18.8. The summed E-state index contributed by atoms with van der Waals surface area (Å²) in [6.45, 7) is 7.38. The van der Waals surface area contributed by atoms with Crippen molar-refractivity contribution in [1.29, 1.82) is 0 Å². The van der Waals surface area contributed by atoms with Crippen molar-refractivity contribution in [1.82, 2.24) is 4.98 Å². The van der Waals surface area contributed by atoms with Crippen LogP contribution in [-0.2, 0) is 19.6 Å². The summed E-state index contributed by atoms with van der Waals surface area (Å²) in [6.07, 6.45) is 4.44. The van der Waals surface area contributed by atoms with Crippen molar-refractivity contribution in [2.75, 3.05) is 13.2 Å². The van der Waals surface area contributed by atoms with E-state index in [-0.39, 0.29) is 10.7 Å². The van der Waals surface area contributed by atoms with Gasteiger partial charge in [-0.25, -0.2) is 0 Å². The zero-order valence-corrected chi connectivity index (χ0v) is 15.6. The molecule has 0 saturated carbocycles. The number of benzene rings is 1. The van der Waals surface area contributed by atoms with Crippen molar-refractivity contribution in [3.8, 4) is 0 Å². The molecule has 1 aliphatic heterocycles. The van der Waals surface area contributed by atoms with Gasteiger partial charge in [0.1, 0.15) is 0 Å². The monoisotopic (exact) mass is 367 g/mol. The lowest BCUT2D eigenvalue weighted by atomic mass is 10.2. The van der Waals surface area contributed by atoms with E-state index >= 15 is 0 Å². The quantitative estimate of drug-likeness (QED) is 0.818. The average Bonchev–Trinajstić information content (AvgIpc) is 3.05. The largest absolute Gasteiger partial charge is 0.348 e. The Morgan fingerprint density at radius 3 is 1.88 bits per heavy atom. The van der Waals surface area contributed by atoms with E-state index in [1.807, 2.05) is 32.0 Å². The highest BCUT2D eigenvalue weighted by atomic mass is 32.2. The minimum atomic E-state index is -4.02. The lowest BCUT2D eigenvalue weighted by Crippen LogP contribution is -2.23. The SMILES string of the molecule is CCC1(C)OCCO1.Cc1ccc(S(=O)(=O)O)cc1.c1ccncc1. The van der Waals surface area contributed by atoms with Crippen LogP contribution in [0, 0.1) is 6.92 Å². The van der Waals surface area contributed by atoms with E-state index < -0.39 is 10.1 Å². The molecule has 0 amide bonds. The first kappa shape index (κ1) is 21.2. The minimum Gasteiger partial charge on any atom is -0.348 e. The number of aryl methyl sites for hydroxylation is 1. The van der Waals surface area contributed by atoms with Crippen LogP contribution in [0.3, 0.4) is 0 Å². The van der Waals surface area contributed by atoms with Crippen molar-refractivity contribution in [3.05, 3.63) is 60.4 Å². The number of nitrogens with zero attached hydrogens (tertiary/aromatic N) is 1. The Hall–Kier alpha value is -1.80. The number of hydrogen-bond acceptors (Lipinski definition) is 5. The maximum Gasteiger partial charge on any atom is 0.294 e. The van der Waals surface area contributed by atoms with Crippen LogP contribution >= 0.6 is 0 Å². The second kappa shape index (κ2) is 10.2. The molecule has 1 N–H and O–H groups in total. The molecule has 1 saturated heterocycles. The molecule has 0 unspecified atom stereocenters. The van der Waals surface area contributed by atoms with Crippen LogP contribution in [-0.4, -0.2) is 37.0 Å². The Balaban J connectivity index is 0.000000197. The van der Waals surface area contributed by atoms with Gasteiger partial charge in [-0.2, -0.15) is 8.42 Å². The van der Waals surface area contributed by atoms with Crippen molar-refractivity contribution in [3.63, 3.8) is 0 Å². The van der Waals surface area contributed by atoms with Gasteiger partial charge in [-0.3, -0.25) is 9.54 Å². The Morgan fingerprint density at radius 2 is 1.60 bits per heavy atom. The third-order valence-corrected chi connectivity index (χ3v) is 4.29. The lowest BCUT2D eigenvalue weighted by molar-refractivity contribution is -0.143. The molecule has 0 spiro atoms. The molecule has 0 radical (unpaired) electrons. The number of aromatic nitrogens is 1. The zero-order valence-electron chi connectivity index (χ0n) is 14.8. The molecular formula is C18H25NO5S. The van der Waals surface area contributed by atoms with Crippen molar-refractivity contribution < 1.29 is 22.4 Å². The van der Waals surface area contributed by atoms with Crippen LogP contribution in [0.4, 0.5) is 0 Å². The van der Waals surface area contributed by atoms with Crippen LogP contribution in [0.5, 0.6) is 0 Å². The van der Waals surface area contributed by atoms with Gasteiger partial charge in [0.15, 0.2) is 5.79 Å². The van der Waals surface area contributed by atoms with E-state index in [0.29, 0.717) is 0 Å². The summed E-state index contributed by atoms with van der Waals surface area (Å²) in [5, 5.41) is 0. The maximum atomic E-state index is 10.5. The van der Waals surface area contributed by atoms with Crippen LogP contribution < -0.4 is 0 Å². The van der Waals surface area contributed by atoms with Gasteiger partial charge < -0.3 is 9.47 Å². The molecule has 25 heavy (non-hydrogen) atoms. The summed E-state index contributed by atoms with van der Waals surface area (Å²) in [6, 6.07) is 11.7. The minimum absolute atomic E-state index is 0.0666. The van der Waals surface area contributed by atoms with Gasteiger partial charge in [-0.05, 0) is 44.5 Å². The van der Waals surface area contributed by atoms with Gasteiger partial charge >= 0.3 is 0 Å². The molecule has 2 heterocycles. The molecule has 0 atom stereocenters. The molecule has 1 aromatic carbocycles. The second-order valence-electron chi connectivity index (χ2n) is 5.50. The summed E-state index contributed by atoms with van der Waals surface area (Å²) >= 11 is 0. The predicted molar refractivity (Wildman–Crippen MR) is 95.8 cm³/mol. The highest BCUT2D eigenvalue weighted by Gasteiger charge is 2.27. The Bertz CT molecular complexity index is 669. The van der Waals surface area contributed by atoms with E-state index in [0.717, 1.165) is 25.2 Å². The molecule has 1 aromatic heterocycles. The summed E-state index contributed by atoms with van der Waals surface area (Å²) in [7, 11) is -4.02. The van der Waals surface area contributed by atoms with Gasteiger partial charge in [-0.1, -0.05) is 30.7 Å². The summed E-state index contributed by atoms with van der Waals surface area (Å²) in [5.74, 6) is -0.264. The van der Waals surface area contributed by atoms with Gasteiger partial charge in [0.25, 0.3) is 10.1 Å². The molecule has 138 valence electrons. The molecule has 1 fully saturated rings. The molecule has 1 aliphatic rings. The van der Waals surface area contributed by atoms with E-state index in [2.05, 4.69) is 11.9 Å². The standard InChI is InChI=1S/C7H8O3S.C6H12O2.C5H5N/c1-6-2-4-7(5-3-6)11(8,9)10;1-3-6(2)7-4-5-8-6;1-2-4-6-5-3-1/h2-5H,1H3,(H,8,9,10);3-5H2,1-2H3;1-5H. The van der Waals surface area contributed by atoms with Gasteiger partial charge in [0.05, 0.1) is 18.1 Å². The van der Waals surface area contributed by atoms with E-state index in [1.165, 1.54) is 12.1 Å². The number of rotatable bonds is 2. The van der Waals surface area contributed by atoms with Crippen molar-refractivity contribution in [2.45, 2.75) is 37.9 Å². The lowest BCUT2D eigenvalue weighted by Gasteiger charge is -2.18. The first-order valence-corrected chi connectivity index (χ1v) is 9.38. The molecular weight excluding hydrogens is 342 g/mol. The van der Waals surface area contributed by atoms with Gasteiger partial charge in [0, 0.05) is 12.4 Å². The normalized spacial score (nSPS) is 15.4. The number of hydrogen-bond donors (Lipinski definition) is 1. The molecule has 6 nitrogen and oxygen atoms in total. The highest BCUT2D eigenvalue weighted by Crippen LogP contribution is 2.21. The van der Waals surface area contributed by atoms with Crippen LogP contribution in [0.15, 0.2) is 59.8 Å². The Labute approximate surface area is 149 Å². The van der Waals surface area contributed by atoms with Crippen molar-refractivity contribution >= 4 is 10.1 Å². The van der Waals surface area contributed by atoms with Gasteiger partial charge in [0.2, 0.25) is 0 Å². The van der Waals surface area contributed by atoms with Crippen LogP contribution in [0.25, 0.3) is 0 Å². The first-order chi connectivity index (χ1) is 11.8. The molecule has 0 bridgehead atoms. The fraction of sp³-hybridized carbons (Fsp3) is 0.389. The van der Waals surface area contributed by atoms with Gasteiger partial charge in [-0.15, -0.1) is 0 Å². The fourth-order valence-electron chi connectivity index (χ4n) is 1.78. The van der Waals surface area contributed by atoms with E-state index in [4.69, 9.17) is 14.0 Å². The predicted octanol–water partition coefficient (Wildman–Crippen LogP) is 3.48. The maximum absolute atomic E-state index is 10.5. The Morgan fingerprint density at radius 1 is 1.08 bits per heavy atom. The third kappa shape index (κ3) is 8.74. The van der Waals surface area contributed by atoms with Crippen LogP contribution in [0.1, 0.15) is 25.8 Å². The fourth-order valence-corrected chi connectivity index (χ4v) is 2.26.